The van der Waals surface area contributed by atoms with Gasteiger partial charge in [-0.25, -0.2) is 9.37 Å². The molecule has 1 heterocycles. The number of imidazole rings is 1. The van der Waals surface area contributed by atoms with Crippen molar-refractivity contribution in [1.29, 1.82) is 0 Å². The third-order valence-electron chi connectivity index (χ3n) is 3.64. The van der Waals surface area contributed by atoms with E-state index in [4.69, 9.17) is 11.6 Å². The molecule has 0 aliphatic rings. The molecule has 0 bridgehead atoms. The lowest BCUT2D eigenvalue weighted by Crippen LogP contribution is -2.17. The molecule has 1 atom stereocenters. The summed E-state index contributed by atoms with van der Waals surface area (Å²) in [5.74, 6) is 1.65. The molecule has 110 valence electrons. The van der Waals surface area contributed by atoms with Crippen molar-refractivity contribution in [2.75, 3.05) is 5.88 Å². The average molecular weight is 362 g/mol. The summed E-state index contributed by atoms with van der Waals surface area (Å²) in [5, 5.41) is 0. The van der Waals surface area contributed by atoms with Gasteiger partial charge in [-0.1, -0.05) is 20.8 Å². The molecule has 1 aromatic carbocycles. The third kappa shape index (κ3) is 2.86. The van der Waals surface area contributed by atoms with Crippen molar-refractivity contribution in [3.8, 4) is 0 Å². The van der Waals surface area contributed by atoms with E-state index in [9.17, 15) is 4.39 Å². The second-order valence-corrected chi connectivity index (χ2v) is 6.54. The van der Waals surface area contributed by atoms with Crippen LogP contribution in [-0.4, -0.2) is 15.4 Å². The second kappa shape index (κ2) is 6.44. The minimum absolute atomic E-state index is 0.280. The Labute approximate surface area is 132 Å². The minimum Gasteiger partial charge on any atom is -0.325 e. The highest BCUT2D eigenvalue weighted by molar-refractivity contribution is 9.10. The van der Waals surface area contributed by atoms with Gasteiger partial charge in [-0.15, -0.1) is 11.6 Å². The van der Waals surface area contributed by atoms with Crippen LogP contribution in [0.3, 0.4) is 0 Å². The predicted octanol–water partition coefficient (Wildman–Crippen LogP) is 5.33. The van der Waals surface area contributed by atoms with E-state index in [0.717, 1.165) is 17.8 Å². The average Bonchev–Trinajstić information content (AvgIpc) is 2.70. The Balaban J connectivity index is 2.70. The maximum absolute atomic E-state index is 13.7. The fraction of sp³-hybridized carbons (Fsp3) is 0.533. The number of rotatable bonds is 5. The fourth-order valence-electron chi connectivity index (χ4n) is 2.72. The van der Waals surface area contributed by atoms with Gasteiger partial charge in [-0.05, 0) is 34.3 Å². The first-order chi connectivity index (χ1) is 9.49. The van der Waals surface area contributed by atoms with Gasteiger partial charge in [-0.2, -0.15) is 0 Å². The summed E-state index contributed by atoms with van der Waals surface area (Å²) in [6.45, 7) is 6.56. The van der Waals surface area contributed by atoms with E-state index >= 15 is 0 Å². The Morgan fingerprint density at radius 1 is 1.40 bits per heavy atom. The highest BCUT2D eigenvalue weighted by atomic mass is 79.9. The van der Waals surface area contributed by atoms with E-state index in [-0.39, 0.29) is 5.82 Å². The summed E-state index contributed by atoms with van der Waals surface area (Å²) >= 11 is 9.15. The van der Waals surface area contributed by atoms with Gasteiger partial charge in [0.1, 0.15) is 11.6 Å². The van der Waals surface area contributed by atoms with Crippen molar-refractivity contribution in [3.63, 3.8) is 0 Å². The summed E-state index contributed by atoms with van der Waals surface area (Å²) in [5.41, 5.74) is 1.67. The maximum Gasteiger partial charge on any atom is 0.139 e. The highest BCUT2D eigenvalue weighted by Gasteiger charge is 2.21. The standard InChI is InChI=1S/C15H19BrClFN2/c1-4-13(9(2)3)20-14-7-10(16)11(18)8-12(14)19-15(20)5-6-17/h7-9,13H,4-6H2,1-3H3. The lowest BCUT2D eigenvalue weighted by atomic mass is 10.0. The summed E-state index contributed by atoms with van der Waals surface area (Å²) in [4.78, 5) is 4.57. The SMILES string of the molecule is CCC(C(C)C)n1c(CCCl)nc2cc(F)c(Br)cc21. The summed E-state index contributed by atoms with van der Waals surface area (Å²) in [7, 11) is 0. The van der Waals surface area contributed by atoms with Crippen molar-refractivity contribution in [3.05, 3.63) is 28.2 Å². The number of hydrogen-bond acceptors (Lipinski definition) is 1. The number of fused-ring (bicyclic) bond motifs is 1. The molecule has 0 amide bonds. The van der Waals surface area contributed by atoms with E-state index in [0.29, 0.717) is 34.2 Å². The van der Waals surface area contributed by atoms with Crippen molar-refractivity contribution < 1.29 is 4.39 Å². The quantitative estimate of drug-likeness (QED) is 0.658. The van der Waals surface area contributed by atoms with Crippen LogP contribution in [0.25, 0.3) is 11.0 Å². The molecule has 0 fully saturated rings. The highest BCUT2D eigenvalue weighted by Crippen LogP contribution is 2.31. The van der Waals surface area contributed by atoms with Crippen LogP contribution in [0.4, 0.5) is 4.39 Å². The van der Waals surface area contributed by atoms with E-state index in [1.54, 1.807) is 0 Å². The zero-order chi connectivity index (χ0) is 14.9. The molecule has 20 heavy (non-hydrogen) atoms. The van der Waals surface area contributed by atoms with Crippen LogP contribution in [0.5, 0.6) is 0 Å². The molecule has 0 saturated heterocycles. The molecule has 0 aliphatic carbocycles. The van der Waals surface area contributed by atoms with Crippen LogP contribution in [-0.2, 0) is 6.42 Å². The Hall–Kier alpha value is -0.610. The van der Waals surface area contributed by atoms with Gasteiger partial charge < -0.3 is 4.57 Å². The first kappa shape index (κ1) is 15.8. The van der Waals surface area contributed by atoms with Crippen LogP contribution < -0.4 is 0 Å². The Kier molecular flexibility index (Phi) is 5.08. The molecule has 0 aliphatic heterocycles. The van der Waals surface area contributed by atoms with Gasteiger partial charge in [0, 0.05) is 24.4 Å². The van der Waals surface area contributed by atoms with Gasteiger partial charge in [0.25, 0.3) is 0 Å². The largest absolute Gasteiger partial charge is 0.325 e. The molecule has 1 aromatic heterocycles. The third-order valence-corrected chi connectivity index (χ3v) is 4.44. The Morgan fingerprint density at radius 2 is 2.10 bits per heavy atom. The topological polar surface area (TPSA) is 17.8 Å². The first-order valence-electron chi connectivity index (χ1n) is 6.91. The molecular formula is C15H19BrClFN2. The summed E-state index contributed by atoms with van der Waals surface area (Å²) in [6.07, 6.45) is 1.70. The maximum atomic E-state index is 13.7. The monoisotopic (exact) mass is 360 g/mol. The predicted molar refractivity (Wildman–Crippen MR) is 86.0 cm³/mol. The van der Waals surface area contributed by atoms with Crippen molar-refractivity contribution in [2.24, 2.45) is 5.92 Å². The van der Waals surface area contributed by atoms with Crippen molar-refractivity contribution in [1.82, 2.24) is 9.55 Å². The number of halogens is 3. The molecule has 2 nitrogen and oxygen atoms in total. The number of alkyl halides is 1. The number of aromatic nitrogens is 2. The van der Waals surface area contributed by atoms with Crippen LogP contribution in [0, 0.1) is 11.7 Å². The van der Waals surface area contributed by atoms with Gasteiger partial charge in [0.15, 0.2) is 0 Å². The van der Waals surface area contributed by atoms with Crippen LogP contribution in [0.15, 0.2) is 16.6 Å². The normalized spacial score (nSPS) is 13.3. The van der Waals surface area contributed by atoms with Crippen molar-refractivity contribution in [2.45, 2.75) is 39.7 Å². The first-order valence-corrected chi connectivity index (χ1v) is 8.24. The van der Waals surface area contributed by atoms with Gasteiger partial charge in [0.05, 0.1) is 15.5 Å². The smallest absolute Gasteiger partial charge is 0.139 e. The van der Waals surface area contributed by atoms with Gasteiger partial charge in [-0.3, -0.25) is 0 Å². The molecular weight excluding hydrogens is 343 g/mol. The van der Waals surface area contributed by atoms with E-state index in [1.807, 2.05) is 6.07 Å². The molecule has 1 unspecified atom stereocenters. The van der Waals surface area contributed by atoms with Crippen LogP contribution in [0.2, 0.25) is 0 Å². The lowest BCUT2D eigenvalue weighted by Gasteiger charge is -2.24. The van der Waals surface area contributed by atoms with Crippen LogP contribution in [0.1, 0.15) is 39.1 Å². The lowest BCUT2D eigenvalue weighted by molar-refractivity contribution is 0.365. The molecule has 2 aromatic rings. The van der Waals surface area contributed by atoms with E-state index in [2.05, 4.69) is 46.3 Å². The summed E-state index contributed by atoms with van der Waals surface area (Å²) < 4.78 is 16.4. The van der Waals surface area contributed by atoms with Crippen molar-refractivity contribution >= 4 is 38.6 Å². The molecule has 2 rings (SSSR count). The van der Waals surface area contributed by atoms with E-state index in [1.165, 1.54) is 6.07 Å². The number of nitrogens with zero attached hydrogens (tertiary/aromatic N) is 2. The Bertz CT molecular complexity index is 609. The fourth-order valence-corrected chi connectivity index (χ4v) is 3.22. The van der Waals surface area contributed by atoms with E-state index < -0.39 is 0 Å². The zero-order valence-corrected chi connectivity index (χ0v) is 14.3. The molecule has 0 saturated carbocycles. The minimum atomic E-state index is -0.280. The van der Waals surface area contributed by atoms with Gasteiger partial charge >= 0.3 is 0 Å². The number of benzene rings is 1. The molecule has 0 radical (unpaired) electrons. The Morgan fingerprint density at radius 3 is 2.65 bits per heavy atom. The van der Waals surface area contributed by atoms with Gasteiger partial charge in [0.2, 0.25) is 0 Å². The summed E-state index contributed by atoms with van der Waals surface area (Å²) in [6, 6.07) is 3.65. The second-order valence-electron chi connectivity index (χ2n) is 5.31. The molecule has 5 heteroatoms. The number of aryl methyl sites for hydroxylation is 1. The van der Waals surface area contributed by atoms with Crippen LogP contribution >= 0.6 is 27.5 Å². The molecule has 0 spiro atoms. The molecule has 0 N–H and O–H groups in total. The number of hydrogen-bond donors (Lipinski definition) is 0. The zero-order valence-electron chi connectivity index (χ0n) is 12.0.